The van der Waals surface area contributed by atoms with Crippen LogP contribution >= 0.6 is 22.9 Å². The molecule has 0 fully saturated rings. The minimum Gasteiger partial charge on any atom is -0.322 e. The lowest BCUT2D eigenvalue weighted by Crippen LogP contribution is -2.14. The third-order valence-electron chi connectivity index (χ3n) is 4.77. The molecule has 0 bridgehead atoms. The lowest BCUT2D eigenvalue weighted by molar-refractivity contribution is -0.385. The van der Waals surface area contributed by atoms with Crippen LogP contribution in [-0.4, -0.2) is 15.8 Å². The van der Waals surface area contributed by atoms with Crippen molar-refractivity contribution in [1.29, 1.82) is 0 Å². The number of nitrogens with zero attached hydrogens (tertiary/aromatic N) is 2. The van der Waals surface area contributed by atoms with Gasteiger partial charge in [-0.15, -0.1) is 11.3 Å². The molecule has 3 aromatic carbocycles. The molecule has 0 saturated heterocycles. The van der Waals surface area contributed by atoms with Crippen LogP contribution in [0.4, 0.5) is 11.4 Å². The monoisotopic (exact) mass is 449 g/mol. The molecule has 1 amide bonds. The van der Waals surface area contributed by atoms with E-state index in [1.807, 2.05) is 47.8 Å². The number of thiazole rings is 1. The Kier molecular flexibility index (Phi) is 5.79. The number of nitrogens with one attached hydrogen (secondary N) is 1. The summed E-state index contributed by atoms with van der Waals surface area (Å²) in [5.74, 6) is -0.409. The van der Waals surface area contributed by atoms with E-state index in [2.05, 4.69) is 10.3 Å². The first-order valence-corrected chi connectivity index (χ1v) is 10.6. The van der Waals surface area contributed by atoms with E-state index < -0.39 is 10.8 Å². The van der Waals surface area contributed by atoms with Crippen LogP contribution in [0.3, 0.4) is 0 Å². The van der Waals surface area contributed by atoms with E-state index in [0.29, 0.717) is 16.3 Å². The number of anilines is 1. The summed E-state index contributed by atoms with van der Waals surface area (Å²) in [7, 11) is 0. The number of amides is 1. The van der Waals surface area contributed by atoms with Crippen molar-refractivity contribution in [1.82, 2.24) is 4.98 Å². The van der Waals surface area contributed by atoms with Gasteiger partial charge < -0.3 is 5.32 Å². The highest BCUT2D eigenvalue weighted by Gasteiger charge is 2.18. The largest absolute Gasteiger partial charge is 0.322 e. The summed E-state index contributed by atoms with van der Waals surface area (Å²) in [6, 6.07) is 19.3. The zero-order valence-corrected chi connectivity index (χ0v) is 17.9. The highest BCUT2D eigenvalue weighted by molar-refractivity contribution is 7.13. The normalized spacial score (nSPS) is 10.6. The van der Waals surface area contributed by atoms with Gasteiger partial charge in [-0.25, -0.2) is 4.98 Å². The zero-order chi connectivity index (χ0) is 22.0. The van der Waals surface area contributed by atoms with Gasteiger partial charge >= 0.3 is 0 Å². The molecule has 0 aliphatic carbocycles. The maximum absolute atomic E-state index is 12.7. The molecule has 0 aliphatic heterocycles. The van der Waals surface area contributed by atoms with Crippen LogP contribution in [0.5, 0.6) is 0 Å². The number of aromatic nitrogens is 1. The summed E-state index contributed by atoms with van der Waals surface area (Å²) in [6.45, 7) is 1.56. The Hall–Kier alpha value is -3.55. The minimum atomic E-state index is -0.494. The fourth-order valence-electron chi connectivity index (χ4n) is 3.19. The molecule has 0 radical (unpaired) electrons. The van der Waals surface area contributed by atoms with Gasteiger partial charge in [0.25, 0.3) is 11.6 Å². The number of carbonyl (C=O) groups excluding carboxylic acids is 1. The van der Waals surface area contributed by atoms with Crippen molar-refractivity contribution in [3.8, 4) is 21.8 Å². The van der Waals surface area contributed by atoms with E-state index in [-0.39, 0.29) is 11.3 Å². The number of carbonyl (C=O) groups is 1. The van der Waals surface area contributed by atoms with E-state index in [1.54, 1.807) is 19.1 Å². The number of hydrogen-bond donors (Lipinski definition) is 1. The standard InChI is InChI=1S/C23H16ClN3O3S/c1-14-17(9-5-11-21(14)27(29)30)22(28)25-16-7-4-6-15(12-16)20-13-31-23(26-20)18-8-2-3-10-19(18)24/h2-13H,1H3,(H,25,28). The highest BCUT2D eigenvalue weighted by Crippen LogP contribution is 2.33. The van der Waals surface area contributed by atoms with Crippen LogP contribution in [0.25, 0.3) is 21.8 Å². The van der Waals surface area contributed by atoms with Gasteiger partial charge in [-0.3, -0.25) is 14.9 Å². The average molecular weight is 450 g/mol. The summed E-state index contributed by atoms with van der Waals surface area (Å²) < 4.78 is 0. The van der Waals surface area contributed by atoms with E-state index in [0.717, 1.165) is 21.8 Å². The number of halogens is 1. The third kappa shape index (κ3) is 4.33. The molecule has 0 aliphatic rings. The number of nitro benzene ring substituents is 1. The second-order valence-electron chi connectivity index (χ2n) is 6.76. The zero-order valence-electron chi connectivity index (χ0n) is 16.3. The maximum atomic E-state index is 12.7. The van der Waals surface area contributed by atoms with Crippen LogP contribution in [0, 0.1) is 17.0 Å². The van der Waals surface area contributed by atoms with E-state index in [1.165, 1.54) is 23.5 Å². The molecule has 0 atom stereocenters. The number of nitro groups is 1. The Morgan fingerprint density at radius 2 is 1.87 bits per heavy atom. The smallest absolute Gasteiger partial charge is 0.273 e. The Balaban J connectivity index is 1.59. The van der Waals surface area contributed by atoms with Crippen molar-refractivity contribution in [2.24, 2.45) is 0 Å². The van der Waals surface area contributed by atoms with Gasteiger partial charge in [-0.05, 0) is 31.2 Å². The van der Waals surface area contributed by atoms with Crippen molar-refractivity contribution in [3.05, 3.63) is 98.4 Å². The first-order chi connectivity index (χ1) is 14.9. The number of hydrogen-bond acceptors (Lipinski definition) is 5. The predicted octanol–water partition coefficient (Wildman–Crippen LogP) is 6.60. The predicted molar refractivity (Wildman–Crippen MR) is 124 cm³/mol. The van der Waals surface area contributed by atoms with E-state index in [9.17, 15) is 14.9 Å². The van der Waals surface area contributed by atoms with Crippen molar-refractivity contribution >= 4 is 40.2 Å². The summed E-state index contributed by atoms with van der Waals surface area (Å²) >= 11 is 7.76. The lowest BCUT2D eigenvalue weighted by atomic mass is 10.1. The third-order valence-corrected chi connectivity index (χ3v) is 5.98. The molecule has 1 aromatic heterocycles. The maximum Gasteiger partial charge on any atom is 0.273 e. The van der Waals surface area contributed by atoms with Crippen molar-refractivity contribution < 1.29 is 9.72 Å². The van der Waals surface area contributed by atoms with E-state index in [4.69, 9.17) is 11.6 Å². The van der Waals surface area contributed by atoms with Crippen LogP contribution in [-0.2, 0) is 0 Å². The molecule has 31 heavy (non-hydrogen) atoms. The van der Waals surface area contributed by atoms with Gasteiger partial charge in [0.05, 0.1) is 15.6 Å². The summed E-state index contributed by atoms with van der Waals surface area (Å²) in [4.78, 5) is 28.1. The molecule has 4 rings (SSSR count). The quantitative estimate of drug-likeness (QED) is 0.274. The molecule has 4 aromatic rings. The van der Waals surface area contributed by atoms with E-state index >= 15 is 0 Å². The van der Waals surface area contributed by atoms with Crippen LogP contribution in [0.2, 0.25) is 5.02 Å². The Labute approximate surface area is 187 Å². The van der Waals surface area contributed by atoms with Crippen molar-refractivity contribution in [3.63, 3.8) is 0 Å². The molecule has 8 heteroatoms. The molecule has 0 saturated carbocycles. The van der Waals surface area contributed by atoms with Gasteiger partial charge in [0.15, 0.2) is 0 Å². The second-order valence-corrected chi connectivity index (χ2v) is 8.02. The first-order valence-electron chi connectivity index (χ1n) is 9.30. The van der Waals surface area contributed by atoms with Gasteiger partial charge in [0.2, 0.25) is 0 Å². The highest BCUT2D eigenvalue weighted by atomic mass is 35.5. The topological polar surface area (TPSA) is 85.1 Å². The average Bonchev–Trinajstić information content (AvgIpc) is 3.24. The lowest BCUT2D eigenvalue weighted by Gasteiger charge is -2.09. The summed E-state index contributed by atoms with van der Waals surface area (Å²) in [5, 5.41) is 17.3. The van der Waals surface area contributed by atoms with Crippen molar-refractivity contribution in [2.75, 3.05) is 5.32 Å². The molecular weight excluding hydrogens is 434 g/mol. The van der Waals surface area contributed by atoms with Crippen LogP contribution in [0.1, 0.15) is 15.9 Å². The molecule has 6 nitrogen and oxygen atoms in total. The molecule has 0 spiro atoms. The van der Waals surface area contributed by atoms with Crippen LogP contribution < -0.4 is 5.32 Å². The summed E-state index contributed by atoms with van der Waals surface area (Å²) in [6.07, 6.45) is 0. The van der Waals surface area contributed by atoms with Gasteiger partial charge in [0.1, 0.15) is 5.01 Å². The molecule has 1 N–H and O–H groups in total. The Bertz CT molecular complexity index is 1300. The Morgan fingerprint density at radius 3 is 2.65 bits per heavy atom. The second kappa shape index (κ2) is 8.67. The van der Waals surface area contributed by atoms with Gasteiger partial charge in [0, 0.05) is 39.4 Å². The van der Waals surface area contributed by atoms with Crippen molar-refractivity contribution in [2.45, 2.75) is 6.92 Å². The fraction of sp³-hybridized carbons (Fsp3) is 0.0435. The number of rotatable bonds is 5. The summed E-state index contributed by atoms with van der Waals surface area (Å²) in [5.41, 5.74) is 3.53. The molecular formula is C23H16ClN3O3S. The van der Waals surface area contributed by atoms with Gasteiger partial charge in [-0.1, -0.05) is 48.0 Å². The number of benzene rings is 3. The van der Waals surface area contributed by atoms with Crippen LogP contribution in [0.15, 0.2) is 72.1 Å². The molecule has 154 valence electrons. The molecule has 1 heterocycles. The SMILES string of the molecule is Cc1c(C(=O)Nc2cccc(-c3csc(-c4ccccc4Cl)n3)c2)cccc1[N+](=O)[O-]. The first kappa shape index (κ1) is 20.7. The minimum absolute atomic E-state index is 0.0871. The Morgan fingerprint density at radius 1 is 1.10 bits per heavy atom. The molecule has 0 unspecified atom stereocenters. The van der Waals surface area contributed by atoms with Gasteiger partial charge in [-0.2, -0.15) is 0 Å². The fourth-order valence-corrected chi connectivity index (χ4v) is 4.34.